The van der Waals surface area contributed by atoms with Crippen LogP contribution in [0.4, 0.5) is 0 Å². The van der Waals surface area contributed by atoms with Gasteiger partial charge in [-0.1, -0.05) is 36.8 Å². The molecule has 0 aliphatic carbocycles. The van der Waals surface area contributed by atoms with Gasteiger partial charge in [0.2, 0.25) is 5.91 Å². The zero-order valence-corrected chi connectivity index (χ0v) is 19.1. The van der Waals surface area contributed by atoms with Gasteiger partial charge < -0.3 is 15.5 Å². The first-order valence-electron chi connectivity index (χ1n) is 9.88. The Kier molecular flexibility index (Phi) is 7.94. The Morgan fingerprint density at radius 3 is 2.93 bits per heavy atom. The summed E-state index contributed by atoms with van der Waals surface area (Å²) >= 11 is 0. The fraction of sp³-hybridized carbons (Fsp3) is 0.619. The number of halogens is 1. The largest absolute Gasteiger partial charge is 0.357 e. The van der Waals surface area contributed by atoms with Gasteiger partial charge in [0, 0.05) is 50.5 Å². The van der Waals surface area contributed by atoms with E-state index in [-0.39, 0.29) is 35.3 Å². The standard InChI is InChI=1S/C21H32N4O.HI/c1-4-22-20(23-13-17(3)18-8-5-7-16(2)11-18)25-10-6-9-21(15-25)12-19(26)24-14-21;/h5,7-8,11,17H,4,6,9-10,12-15H2,1-3H3,(H,22,23)(H,24,26);1H. The average Bonchev–Trinajstić information content (AvgIpc) is 2.98. The molecule has 2 aliphatic heterocycles. The summed E-state index contributed by atoms with van der Waals surface area (Å²) in [6, 6.07) is 8.69. The van der Waals surface area contributed by atoms with Crippen LogP contribution in [0.3, 0.4) is 0 Å². The van der Waals surface area contributed by atoms with E-state index < -0.39 is 0 Å². The van der Waals surface area contributed by atoms with E-state index in [0.717, 1.165) is 51.5 Å². The number of guanidine groups is 1. The number of aliphatic imine (C=N–C) groups is 1. The highest BCUT2D eigenvalue weighted by atomic mass is 127. The van der Waals surface area contributed by atoms with Crippen molar-refractivity contribution < 1.29 is 4.79 Å². The van der Waals surface area contributed by atoms with Crippen LogP contribution < -0.4 is 10.6 Å². The van der Waals surface area contributed by atoms with E-state index in [1.54, 1.807) is 0 Å². The minimum Gasteiger partial charge on any atom is -0.357 e. The van der Waals surface area contributed by atoms with Crippen LogP contribution in [0.15, 0.2) is 29.3 Å². The first-order valence-corrected chi connectivity index (χ1v) is 9.88. The van der Waals surface area contributed by atoms with Crippen LogP contribution in [0, 0.1) is 12.3 Å². The van der Waals surface area contributed by atoms with Crippen molar-refractivity contribution in [2.45, 2.75) is 46.0 Å². The second kappa shape index (κ2) is 9.75. The third-order valence-electron chi connectivity index (χ3n) is 5.62. The van der Waals surface area contributed by atoms with Crippen molar-refractivity contribution in [1.82, 2.24) is 15.5 Å². The summed E-state index contributed by atoms with van der Waals surface area (Å²) in [6.07, 6.45) is 2.90. The van der Waals surface area contributed by atoms with Gasteiger partial charge >= 0.3 is 0 Å². The Morgan fingerprint density at radius 2 is 2.26 bits per heavy atom. The molecule has 1 amide bonds. The molecule has 2 unspecified atom stereocenters. The van der Waals surface area contributed by atoms with Crippen LogP contribution in [0.1, 0.15) is 50.2 Å². The predicted molar refractivity (Wildman–Crippen MR) is 122 cm³/mol. The summed E-state index contributed by atoms with van der Waals surface area (Å²) in [5, 5.41) is 6.48. The molecule has 2 saturated heterocycles. The van der Waals surface area contributed by atoms with E-state index in [9.17, 15) is 4.79 Å². The van der Waals surface area contributed by atoms with Gasteiger partial charge in [0.25, 0.3) is 0 Å². The van der Waals surface area contributed by atoms with E-state index in [1.165, 1.54) is 11.1 Å². The molecular formula is C21H33IN4O. The monoisotopic (exact) mass is 484 g/mol. The summed E-state index contributed by atoms with van der Waals surface area (Å²) in [7, 11) is 0. The van der Waals surface area contributed by atoms with Crippen LogP contribution in [-0.4, -0.2) is 49.5 Å². The Hall–Kier alpha value is -1.31. The number of benzene rings is 1. The predicted octanol–water partition coefficient (Wildman–Crippen LogP) is 3.28. The molecule has 2 atom stereocenters. The van der Waals surface area contributed by atoms with E-state index >= 15 is 0 Å². The number of likely N-dealkylation sites (tertiary alicyclic amines) is 1. The number of nitrogens with zero attached hydrogens (tertiary/aromatic N) is 2. The lowest BCUT2D eigenvalue weighted by Crippen LogP contribution is -2.51. The van der Waals surface area contributed by atoms with Crippen molar-refractivity contribution in [2.24, 2.45) is 10.4 Å². The maximum atomic E-state index is 11.7. The quantitative estimate of drug-likeness (QED) is 0.392. The Labute approximate surface area is 180 Å². The van der Waals surface area contributed by atoms with E-state index in [1.807, 2.05) is 0 Å². The molecule has 150 valence electrons. The van der Waals surface area contributed by atoms with E-state index in [4.69, 9.17) is 4.99 Å². The second-order valence-electron chi connectivity index (χ2n) is 7.99. The molecule has 0 bridgehead atoms. The molecule has 27 heavy (non-hydrogen) atoms. The molecule has 2 aliphatic rings. The highest BCUT2D eigenvalue weighted by Crippen LogP contribution is 2.36. The summed E-state index contributed by atoms with van der Waals surface area (Å²) in [5.74, 6) is 1.57. The number of piperidine rings is 1. The maximum Gasteiger partial charge on any atom is 0.220 e. The number of hydrogen-bond acceptors (Lipinski definition) is 2. The molecule has 0 saturated carbocycles. The Morgan fingerprint density at radius 1 is 1.44 bits per heavy atom. The second-order valence-corrected chi connectivity index (χ2v) is 7.99. The molecule has 0 aromatic heterocycles. The van der Waals surface area contributed by atoms with Crippen LogP contribution in [-0.2, 0) is 4.79 Å². The van der Waals surface area contributed by atoms with Gasteiger partial charge in [0.15, 0.2) is 5.96 Å². The topological polar surface area (TPSA) is 56.7 Å². The Bertz CT molecular complexity index is 678. The van der Waals surface area contributed by atoms with Crippen molar-refractivity contribution >= 4 is 35.8 Å². The van der Waals surface area contributed by atoms with Crippen LogP contribution >= 0.6 is 24.0 Å². The van der Waals surface area contributed by atoms with Crippen LogP contribution in [0.25, 0.3) is 0 Å². The van der Waals surface area contributed by atoms with Gasteiger partial charge in [-0.2, -0.15) is 0 Å². The van der Waals surface area contributed by atoms with Crippen molar-refractivity contribution in [3.8, 4) is 0 Å². The Balaban J connectivity index is 0.00000261. The van der Waals surface area contributed by atoms with Crippen molar-refractivity contribution in [2.75, 3.05) is 32.7 Å². The summed E-state index contributed by atoms with van der Waals surface area (Å²) in [5.41, 5.74) is 2.72. The fourth-order valence-electron chi connectivity index (χ4n) is 4.16. The lowest BCUT2D eigenvalue weighted by Gasteiger charge is -2.41. The van der Waals surface area contributed by atoms with Gasteiger partial charge in [-0.05, 0) is 32.3 Å². The zero-order valence-electron chi connectivity index (χ0n) is 16.8. The number of aryl methyl sites for hydroxylation is 1. The zero-order chi connectivity index (χ0) is 18.6. The van der Waals surface area contributed by atoms with Gasteiger partial charge in [0.05, 0.1) is 0 Å². The maximum absolute atomic E-state index is 11.7. The number of nitrogens with one attached hydrogen (secondary N) is 2. The fourth-order valence-corrected chi connectivity index (χ4v) is 4.16. The van der Waals surface area contributed by atoms with Crippen molar-refractivity contribution in [3.05, 3.63) is 35.4 Å². The molecule has 1 aromatic rings. The van der Waals surface area contributed by atoms with Gasteiger partial charge in [-0.25, -0.2) is 0 Å². The first-order chi connectivity index (χ1) is 12.5. The molecule has 5 nitrogen and oxygen atoms in total. The van der Waals surface area contributed by atoms with Crippen LogP contribution in [0.2, 0.25) is 0 Å². The normalized spacial score (nSPS) is 23.7. The molecule has 1 spiro atoms. The lowest BCUT2D eigenvalue weighted by molar-refractivity contribution is -0.119. The molecular weight excluding hydrogens is 451 g/mol. The number of carbonyl (C=O) groups is 1. The van der Waals surface area contributed by atoms with E-state index in [0.29, 0.717) is 12.3 Å². The third kappa shape index (κ3) is 5.59. The number of amides is 1. The SMILES string of the molecule is CCNC(=NCC(C)c1cccc(C)c1)N1CCCC2(CNC(=O)C2)C1.I. The summed E-state index contributed by atoms with van der Waals surface area (Å²) in [6.45, 7) is 10.8. The van der Waals surface area contributed by atoms with Crippen molar-refractivity contribution in [1.29, 1.82) is 0 Å². The number of carbonyl (C=O) groups excluding carboxylic acids is 1. The molecule has 1 aromatic carbocycles. The third-order valence-corrected chi connectivity index (χ3v) is 5.62. The molecule has 3 rings (SSSR count). The molecule has 6 heteroatoms. The number of rotatable bonds is 4. The molecule has 2 N–H and O–H groups in total. The highest BCUT2D eigenvalue weighted by molar-refractivity contribution is 14.0. The van der Waals surface area contributed by atoms with E-state index in [2.05, 4.69) is 60.6 Å². The minimum atomic E-state index is 0. The average molecular weight is 484 g/mol. The lowest BCUT2D eigenvalue weighted by atomic mass is 9.79. The van der Waals surface area contributed by atoms with Crippen molar-refractivity contribution in [3.63, 3.8) is 0 Å². The molecule has 0 radical (unpaired) electrons. The molecule has 2 fully saturated rings. The minimum absolute atomic E-state index is 0. The summed E-state index contributed by atoms with van der Waals surface area (Å²) in [4.78, 5) is 19.0. The van der Waals surface area contributed by atoms with Gasteiger partial charge in [-0.15, -0.1) is 24.0 Å². The molecule has 2 heterocycles. The highest BCUT2D eigenvalue weighted by Gasteiger charge is 2.42. The first kappa shape index (κ1) is 22.0. The summed E-state index contributed by atoms with van der Waals surface area (Å²) < 4.78 is 0. The van der Waals surface area contributed by atoms with Crippen LogP contribution in [0.5, 0.6) is 0 Å². The van der Waals surface area contributed by atoms with Gasteiger partial charge in [-0.3, -0.25) is 9.79 Å². The smallest absolute Gasteiger partial charge is 0.220 e. The van der Waals surface area contributed by atoms with Gasteiger partial charge in [0.1, 0.15) is 0 Å². The number of hydrogen-bond donors (Lipinski definition) is 2.